The van der Waals surface area contributed by atoms with Crippen molar-refractivity contribution in [2.45, 2.75) is 23.6 Å². The summed E-state index contributed by atoms with van der Waals surface area (Å²) in [6.45, 7) is 4.17. The lowest BCUT2D eigenvalue weighted by Crippen LogP contribution is -2.11. The highest BCUT2D eigenvalue weighted by atomic mass is 35.5. The summed E-state index contributed by atoms with van der Waals surface area (Å²) >= 11 is 7.79. The Kier molecular flexibility index (Phi) is 4.17. The molecule has 3 N–H and O–H groups in total. The normalized spacial score (nSPS) is 10.5. The van der Waals surface area contributed by atoms with Crippen molar-refractivity contribution in [1.82, 2.24) is 0 Å². The number of amidine groups is 1. The van der Waals surface area contributed by atoms with Gasteiger partial charge in [0.05, 0.1) is 5.02 Å². The van der Waals surface area contributed by atoms with Gasteiger partial charge in [-0.3, -0.25) is 5.41 Å². The lowest BCUT2D eigenvalue weighted by Gasteiger charge is -2.08. The molecule has 0 amide bonds. The molecule has 19 heavy (non-hydrogen) atoms. The molecule has 0 fully saturated rings. The zero-order valence-corrected chi connectivity index (χ0v) is 12.4. The van der Waals surface area contributed by atoms with Crippen molar-refractivity contribution in [2.75, 3.05) is 0 Å². The Balaban J connectivity index is 2.31. The van der Waals surface area contributed by atoms with E-state index in [1.54, 1.807) is 17.8 Å². The van der Waals surface area contributed by atoms with Crippen molar-refractivity contribution in [1.29, 1.82) is 5.41 Å². The highest BCUT2D eigenvalue weighted by molar-refractivity contribution is 7.99. The molecular weight excluding hydrogens is 276 g/mol. The Morgan fingerprint density at radius 2 is 1.89 bits per heavy atom. The molecule has 0 aromatic heterocycles. The minimum absolute atomic E-state index is 0.00622. The molecule has 0 aliphatic heterocycles. The van der Waals surface area contributed by atoms with E-state index in [-0.39, 0.29) is 5.84 Å². The number of hydrogen-bond acceptors (Lipinski definition) is 2. The number of benzene rings is 2. The fourth-order valence-corrected chi connectivity index (χ4v) is 3.11. The van der Waals surface area contributed by atoms with Gasteiger partial charge in [-0.2, -0.15) is 0 Å². The Morgan fingerprint density at radius 3 is 2.53 bits per heavy atom. The van der Waals surface area contributed by atoms with Crippen molar-refractivity contribution in [2.24, 2.45) is 5.73 Å². The summed E-state index contributed by atoms with van der Waals surface area (Å²) in [5.74, 6) is -0.00622. The molecule has 2 aromatic rings. The predicted octanol–water partition coefficient (Wildman–Crippen LogP) is 4.39. The first-order valence-corrected chi connectivity index (χ1v) is 7.06. The van der Waals surface area contributed by atoms with E-state index in [0.717, 1.165) is 4.90 Å². The highest BCUT2D eigenvalue weighted by Gasteiger charge is 2.07. The topological polar surface area (TPSA) is 49.9 Å². The van der Waals surface area contributed by atoms with E-state index >= 15 is 0 Å². The van der Waals surface area contributed by atoms with Gasteiger partial charge in [0.2, 0.25) is 0 Å². The van der Waals surface area contributed by atoms with Crippen molar-refractivity contribution >= 4 is 29.2 Å². The first kappa shape index (κ1) is 14.0. The molecule has 98 valence electrons. The average molecular weight is 291 g/mol. The Morgan fingerprint density at radius 1 is 1.16 bits per heavy atom. The van der Waals surface area contributed by atoms with Crippen LogP contribution < -0.4 is 5.73 Å². The van der Waals surface area contributed by atoms with Gasteiger partial charge < -0.3 is 5.73 Å². The summed E-state index contributed by atoms with van der Waals surface area (Å²) in [5.41, 5.74) is 8.50. The van der Waals surface area contributed by atoms with E-state index in [2.05, 4.69) is 32.0 Å². The molecule has 0 spiro atoms. The summed E-state index contributed by atoms with van der Waals surface area (Å²) in [7, 11) is 0. The van der Waals surface area contributed by atoms with Crippen LogP contribution in [0.15, 0.2) is 46.2 Å². The molecule has 0 unspecified atom stereocenters. The van der Waals surface area contributed by atoms with Crippen molar-refractivity contribution in [3.05, 3.63) is 58.1 Å². The smallest absolute Gasteiger partial charge is 0.124 e. The summed E-state index contributed by atoms with van der Waals surface area (Å²) in [4.78, 5) is 2.26. The summed E-state index contributed by atoms with van der Waals surface area (Å²) in [6.07, 6.45) is 0. The maximum Gasteiger partial charge on any atom is 0.124 e. The van der Waals surface area contributed by atoms with Crippen LogP contribution >= 0.6 is 23.4 Å². The Hall–Kier alpha value is -1.45. The van der Waals surface area contributed by atoms with Gasteiger partial charge in [0.25, 0.3) is 0 Å². The van der Waals surface area contributed by atoms with E-state index in [1.165, 1.54) is 16.0 Å². The standard InChI is InChI=1S/C15H15ClN2S/c1-9-3-4-10(2)14(7-9)19-11-5-6-12(15(17)18)13(16)8-11/h3-8H,1-2H3,(H3,17,18). The van der Waals surface area contributed by atoms with Gasteiger partial charge in [0.1, 0.15) is 5.84 Å². The molecular formula is C15H15ClN2S. The number of rotatable bonds is 3. The minimum atomic E-state index is -0.00622. The highest BCUT2D eigenvalue weighted by Crippen LogP contribution is 2.33. The van der Waals surface area contributed by atoms with Crippen LogP contribution in [0, 0.1) is 19.3 Å². The van der Waals surface area contributed by atoms with Crippen molar-refractivity contribution in [3.63, 3.8) is 0 Å². The summed E-state index contributed by atoms with van der Waals surface area (Å²) < 4.78 is 0. The van der Waals surface area contributed by atoms with E-state index in [4.69, 9.17) is 22.7 Å². The molecule has 0 atom stereocenters. The van der Waals surface area contributed by atoms with Gasteiger partial charge in [-0.15, -0.1) is 0 Å². The van der Waals surface area contributed by atoms with Gasteiger partial charge in [-0.05, 0) is 49.2 Å². The number of nitrogens with one attached hydrogen (secondary N) is 1. The van der Waals surface area contributed by atoms with E-state index in [1.807, 2.05) is 12.1 Å². The van der Waals surface area contributed by atoms with Crippen molar-refractivity contribution in [3.8, 4) is 0 Å². The van der Waals surface area contributed by atoms with Gasteiger partial charge in [0, 0.05) is 15.4 Å². The SMILES string of the molecule is Cc1ccc(C)c(Sc2ccc(C(=N)N)c(Cl)c2)c1. The molecule has 0 radical (unpaired) electrons. The third-order valence-electron chi connectivity index (χ3n) is 2.80. The van der Waals surface area contributed by atoms with Crippen LogP contribution in [0.4, 0.5) is 0 Å². The molecule has 0 aliphatic carbocycles. The lowest BCUT2D eigenvalue weighted by molar-refractivity contribution is 1.25. The predicted molar refractivity (Wildman–Crippen MR) is 82.5 cm³/mol. The third-order valence-corrected chi connectivity index (χ3v) is 4.26. The van der Waals surface area contributed by atoms with Crippen LogP contribution in [-0.4, -0.2) is 5.84 Å². The van der Waals surface area contributed by atoms with Crippen LogP contribution in [0.3, 0.4) is 0 Å². The van der Waals surface area contributed by atoms with Crippen LogP contribution in [0.5, 0.6) is 0 Å². The number of nitrogen functional groups attached to an aromatic ring is 1. The van der Waals surface area contributed by atoms with E-state index < -0.39 is 0 Å². The Labute approximate surface area is 122 Å². The number of nitrogens with two attached hydrogens (primary N) is 1. The van der Waals surface area contributed by atoms with Crippen LogP contribution in [-0.2, 0) is 0 Å². The number of aryl methyl sites for hydroxylation is 2. The van der Waals surface area contributed by atoms with Crippen molar-refractivity contribution < 1.29 is 0 Å². The summed E-state index contributed by atoms with van der Waals surface area (Å²) in [5, 5.41) is 7.93. The zero-order valence-electron chi connectivity index (χ0n) is 10.8. The van der Waals surface area contributed by atoms with E-state index in [0.29, 0.717) is 10.6 Å². The average Bonchev–Trinajstić information content (AvgIpc) is 2.33. The second kappa shape index (κ2) is 5.68. The molecule has 0 heterocycles. The Bertz CT molecular complexity index is 638. The molecule has 0 saturated heterocycles. The second-order valence-corrected chi connectivity index (χ2v) is 5.95. The lowest BCUT2D eigenvalue weighted by atomic mass is 10.2. The van der Waals surface area contributed by atoms with Gasteiger partial charge in [0.15, 0.2) is 0 Å². The molecule has 0 bridgehead atoms. The summed E-state index contributed by atoms with van der Waals surface area (Å²) in [6, 6.07) is 12.0. The third kappa shape index (κ3) is 3.31. The fourth-order valence-electron chi connectivity index (χ4n) is 1.72. The fraction of sp³-hybridized carbons (Fsp3) is 0.133. The molecule has 4 heteroatoms. The largest absolute Gasteiger partial charge is 0.384 e. The maximum atomic E-state index is 7.42. The molecule has 2 rings (SSSR count). The van der Waals surface area contributed by atoms with Crippen LogP contribution in [0.2, 0.25) is 5.02 Å². The first-order valence-electron chi connectivity index (χ1n) is 5.86. The number of halogens is 1. The van der Waals surface area contributed by atoms with Crippen LogP contribution in [0.1, 0.15) is 16.7 Å². The molecule has 2 nitrogen and oxygen atoms in total. The van der Waals surface area contributed by atoms with Crippen LogP contribution in [0.25, 0.3) is 0 Å². The van der Waals surface area contributed by atoms with Gasteiger partial charge in [-0.25, -0.2) is 0 Å². The number of hydrogen-bond donors (Lipinski definition) is 2. The molecule has 0 aliphatic rings. The van der Waals surface area contributed by atoms with Gasteiger partial charge >= 0.3 is 0 Å². The second-order valence-electron chi connectivity index (χ2n) is 4.43. The van der Waals surface area contributed by atoms with Gasteiger partial charge in [-0.1, -0.05) is 35.5 Å². The first-order chi connectivity index (χ1) is 8.97. The molecule has 0 saturated carbocycles. The molecule has 2 aromatic carbocycles. The maximum absolute atomic E-state index is 7.42. The quantitative estimate of drug-likeness (QED) is 0.650. The van der Waals surface area contributed by atoms with E-state index in [9.17, 15) is 0 Å². The zero-order chi connectivity index (χ0) is 14.0. The monoisotopic (exact) mass is 290 g/mol. The minimum Gasteiger partial charge on any atom is -0.384 e.